The molecule has 3 heteroatoms. The van der Waals surface area contributed by atoms with Crippen LogP contribution < -0.4 is 0 Å². The molecule has 0 amide bonds. The monoisotopic (exact) mass is 300 g/mol. The Bertz CT molecular complexity index is 215. The van der Waals surface area contributed by atoms with Gasteiger partial charge in [0, 0.05) is 26.4 Å². The van der Waals surface area contributed by atoms with E-state index in [9.17, 15) is 0 Å². The molecule has 0 heterocycles. The number of unbranched alkanes of at least 4 members (excludes halogenated alkanes) is 3. The molecule has 2 unspecified atom stereocenters. The number of rotatable bonds is 13. The maximum atomic E-state index is 6.06. The first-order chi connectivity index (χ1) is 10.3. The summed E-state index contributed by atoms with van der Waals surface area (Å²) in [7, 11) is 0. The molecule has 1 saturated carbocycles. The van der Waals surface area contributed by atoms with Crippen molar-refractivity contribution in [3.8, 4) is 0 Å². The molecule has 126 valence electrons. The Hall–Kier alpha value is -0.120. The Kier molecular flexibility index (Phi) is 11.2. The van der Waals surface area contributed by atoms with E-state index in [1.807, 2.05) is 0 Å². The van der Waals surface area contributed by atoms with Crippen LogP contribution in [-0.4, -0.2) is 38.6 Å². The van der Waals surface area contributed by atoms with Gasteiger partial charge in [0.1, 0.15) is 0 Å². The third kappa shape index (κ3) is 8.18. The summed E-state index contributed by atoms with van der Waals surface area (Å²) >= 11 is 0. The SMILES string of the molecule is CCCCOCC1CC(OCCCC)[C@@H](OCCCC)C1. The molecule has 3 atom stereocenters. The summed E-state index contributed by atoms with van der Waals surface area (Å²) in [6.07, 6.45) is 9.83. The van der Waals surface area contributed by atoms with E-state index >= 15 is 0 Å². The van der Waals surface area contributed by atoms with Crippen molar-refractivity contribution in [3.63, 3.8) is 0 Å². The molecule has 0 radical (unpaired) electrons. The smallest absolute Gasteiger partial charge is 0.0840 e. The molecule has 0 aromatic heterocycles. The number of hydrogen-bond acceptors (Lipinski definition) is 3. The number of hydrogen-bond donors (Lipinski definition) is 0. The van der Waals surface area contributed by atoms with Gasteiger partial charge in [-0.15, -0.1) is 0 Å². The number of ether oxygens (including phenoxy) is 3. The zero-order chi connectivity index (χ0) is 15.3. The highest BCUT2D eigenvalue weighted by molar-refractivity contribution is 4.85. The van der Waals surface area contributed by atoms with E-state index in [0.717, 1.165) is 52.1 Å². The van der Waals surface area contributed by atoms with Crippen LogP contribution >= 0.6 is 0 Å². The van der Waals surface area contributed by atoms with Gasteiger partial charge in [-0.05, 0) is 38.0 Å². The van der Waals surface area contributed by atoms with E-state index in [1.165, 1.54) is 25.7 Å². The lowest BCUT2D eigenvalue weighted by Crippen LogP contribution is -2.26. The van der Waals surface area contributed by atoms with E-state index in [0.29, 0.717) is 5.92 Å². The largest absolute Gasteiger partial charge is 0.381 e. The molecule has 0 spiro atoms. The van der Waals surface area contributed by atoms with Crippen LogP contribution in [-0.2, 0) is 14.2 Å². The summed E-state index contributed by atoms with van der Waals surface area (Å²) in [5.41, 5.74) is 0. The first kappa shape index (κ1) is 18.9. The Labute approximate surface area is 131 Å². The maximum Gasteiger partial charge on any atom is 0.0840 e. The molecule has 0 aromatic carbocycles. The van der Waals surface area contributed by atoms with Gasteiger partial charge in [-0.3, -0.25) is 0 Å². The lowest BCUT2D eigenvalue weighted by molar-refractivity contribution is -0.0573. The van der Waals surface area contributed by atoms with Crippen LogP contribution in [0.25, 0.3) is 0 Å². The molecular weight excluding hydrogens is 264 g/mol. The molecule has 0 bridgehead atoms. The van der Waals surface area contributed by atoms with Crippen molar-refractivity contribution in [2.75, 3.05) is 26.4 Å². The predicted molar refractivity (Wildman–Crippen MR) is 87.7 cm³/mol. The van der Waals surface area contributed by atoms with Gasteiger partial charge < -0.3 is 14.2 Å². The predicted octanol–water partition coefficient (Wildman–Crippen LogP) is 4.58. The van der Waals surface area contributed by atoms with E-state index in [1.54, 1.807) is 0 Å². The first-order valence-electron chi connectivity index (χ1n) is 9.12. The molecule has 1 fully saturated rings. The van der Waals surface area contributed by atoms with Crippen molar-refractivity contribution in [1.82, 2.24) is 0 Å². The van der Waals surface area contributed by atoms with Gasteiger partial charge >= 0.3 is 0 Å². The fraction of sp³-hybridized carbons (Fsp3) is 1.00. The third-order valence-electron chi connectivity index (χ3n) is 4.20. The topological polar surface area (TPSA) is 27.7 Å². The van der Waals surface area contributed by atoms with Crippen LogP contribution in [0.2, 0.25) is 0 Å². The zero-order valence-corrected chi connectivity index (χ0v) is 14.4. The van der Waals surface area contributed by atoms with Crippen LogP contribution in [0, 0.1) is 5.92 Å². The van der Waals surface area contributed by atoms with Crippen molar-refractivity contribution in [3.05, 3.63) is 0 Å². The second-order valence-electron chi connectivity index (χ2n) is 6.29. The maximum absolute atomic E-state index is 6.06. The van der Waals surface area contributed by atoms with Gasteiger partial charge in [0.2, 0.25) is 0 Å². The second-order valence-corrected chi connectivity index (χ2v) is 6.29. The Morgan fingerprint density at radius 2 is 1.19 bits per heavy atom. The average molecular weight is 300 g/mol. The molecule has 0 saturated heterocycles. The van der Waals surface area contributed by atoms with Crippen molar-refractivity contribution in [2.24, 2.45) is 5.92 Å². The minimum Gasteiger partial charge on any atom is -0.381 e. The van der Waals surface area contributed by atoms with E-state index < -0.39 is 0 Å². The molecule has 0 aromatic rings. The fourth-order valence-electron chi connectivity index (χ4n) is 2.80. The van der Waals surface area contributed by atoms with Crippen molar-refractivity contribution < 1.29 is 14.2 Å². The molecule has 3 nitrogen and oxygen atoms in total. The highest BCUT2D eigenvalue weighted by atomic mass is 16.5. The highest BCUT2D eigenvalue weighted by Crippen LogP contribution is 2.31. The van der Waals surface area contributed by atoms with Gasteiger partial charge in [-0.1, -0.05) is 40.0 Å². The van der Waals surface area contributed by atoms with Crippen molar-refractivity contribution in [2.45, 2.75) is 84.3 Å². The van der Waals surface area contributed by atoms with E-state index in [2.05, 4.69) is 20.8 Å². The van der Waals surface area contributed by atoms with Crippen LogP contribution in [0.5, 0.6) is 0 Å². The summed E-state index contributed by atoms with van der Waals surface area (Å²) in [5, 5.41) is 0. The summed E-state index contributed by atoms with van der Waals surface area (Å²) in [6, 6.07) is 0. The van der Waals surface area contributed by atoms with Crippen molar-refractivity contribution >= 4 is 0 Å². The molecule has 1 rings (SSSR count). The summed E-state index contributed by atoms with van der Waals surface area (Å²) in [5.74, 6) is 0.611. The molecule has 0 aliphatic heterocycles. The molecular formula is C18H36O3. The first-order valence-corrected chi connectivity index (χ1v) is 9.12. The van der Waals surface area contributed by atoms with Crippen LogP contribution in [0.4, 0.5) is 0 Å². The van der Waals surface area contributed by atoms with Crippen LogP contribution in [0.15, 0.2) is 0 Å². The zero-order valence-electron chi connectivity index (χ0n) is 14.4. The van der Waals surface area contributed by atoms with Crippen molar-refractivity contribution in [1.29, 1.82) is 0 Å². The lowest BCUT2D eigenvalue weighted by atomic mass is 10.1. The summed E-state index contributed by atoms with van der Waals surface area (Å²) in [6.45, 7) is 10.1. The molecule has 0 N–H and O–H groups in total. The van der Waals surface area contributed by atoms with Crippen LogP contribution in [0.1, 0.15) is 72.1 Å². The van der Waals surface area contributed by atoms with Gasteiger partial charge in [0.25, 0.3) is 0 Å². The normalized spacial score (nSPS) is 25.6. The Balaban J connectivity index is 2.29. The molecule has 1 aliphatic carbocycles. The fourth-order valence-corrected chi connectivity index (χ4v) is 2.80. The van der Waals surface area contributed by atoms with Gasteiger partial charge in [-0.2, -0.15) is 0 Å². The minimum atomic E-state index is 0.285. The Morgan fingerprint density at radius 1 is 0.714 bits per heavy atom. The molecule has 1 aliphatic rings. The highest BCUT2D eigenvalue weighted by Gasteiger charge is 2.35. The van der Waals surface area contributed by atoms with Gasteiger partial charge in [0.05, 0.1) is 12.2 Å². The minimum absolute atomic E-state index is 0.285. The van der Waals surface area contributed by atoms with Gasteiger partial charge in [-0.25, -0.2) is 0 Å². The summed E-state index contributed by atoms with van der Waals surface area (Å²) in [4.78, 5) is 0. The Morgan fingerprint density at radius 3 is 1.67 bits per heavy atom. The lowest BCUT2D eigenvalue weighted by Gasteiger charge is -2.20. The van der Waals surface area contributed by atoms with E-state index in [-0.39, 0.29) is 12.2 Å². The van der Waals surface area contributed by atoms with Gasteiger partial charge in [0.15, 0.2) is 0 Å². The third-order valence-corrected chi connectivity index (χ3v) is 4.20. The summed E-state index contributed by atoms with van der Waals surface area (Å²) < 4.78 is 17.9. The van der Waals surface area contributed by atoms with Crippen LogP contribution in [0.3, 0.4) is 0 Å². The average Bonchev–Trinajstić information content (AvgIpc) is 2.87. The standard InChI is InChI=1S/C18H36O3/c1-4-7-10-19-15-16-13-17(20-11-8-5-2)18(14-16)21-12-9-6-3/h16-18H,4-15H2,1-3H3/t16?,17-,18?/m0/s1. The quantitative estimate of drug-likeness (QED) is 0.466. The molecule has 21 heavy (non-hydrogen) atoms. The second kappa shape index (κ2) is 12.4. The van der Waals surface area contributed by atoms with E-state index in [4.69, 9.17) is 14.2 Å².